The van der Waals surface area contributed by atoms with Crippen molar-refractivity contribution in [1.82, 2.24) is 9.55 Å². The topological polar surface area (TPSA) is 44.1 Å². The molecule has 1 aromatic heterocycles. The Kier molecular flexibility index (Phi) is 5.76. The van der Waals surface area contributed by atoms with E-state index >= 15 is 0 Å². The third-order valence-corrected chi connectivity index (χ3v) is 3.70. The minimum absolute atomic E-state index is 0.255. The van der Waals surface area contributed by atoms with Gasteiger partial charge in [-0.3, -0.25) is 9.36 Å². The predicted octanol–water partition coefficient (Wildman–Crippen LogP) is 3.91. The summed E-state index contributed by atoms with van der Waals surface area (Å²) in [7, 11) is 0. The number of benzene rings is 1. The van der Waals surface area contributed by atoms with E-state index in [0.29, 0.717) is 40.7 Å². The third kappa shape index (κ3) is 3.76. The van der Waals surface area contributed by atoms with Gasteiger partial charge in [-0.05, 0) is 31.0 Å². The fourth-order valence-corrected chi connectivity index (χ4v) is 2.62. The largest absolute Gasteiger partial charge is 0.465 e. The zero-order valence-corrected chi connectivity index (χ0v) is 13.3. The Bertz CT molecular complexity index is 704. The normalized spacial score (nSPS) is 11.3. The van der Waals surface area contributed by atoms with Crippen LogP contribution >= 0.6 is 11.8 Å². The molecule has 0 fully saturated rings. The first kappa shape index (κ1) is 16.7. The van der Waals surface area contributed by atoms with Gasteiger partial charge in [0.2, 0.25) is 0 Å². The molecule has 0 saturated carbocycles. The van der Waals surface area contributed by atoms with Crippen molar-refractivity contribution in [1.29, 1.82) is 0 Å². The van der Waals surface area contributed by atoms with E-state index in [1.807, 2.05) is 13.8 Å². The van der Waals surface area contributed by atoms with E-state index in [1.54, 1.807) is 12.1 Å². The number of halogens is 2. The summed E-state index contributed by atoms with van der Waals surface area (Å²) in [6.07, 6.45) is 1.56. The highest BCUT2D eigenvalue weighted by Gasteiger charge is 2.13. The molecule has 1 heterocycles. The standard InChI is InChI=1S/C15H18F2N2O2S/c1-3-7-19-13(20)11-9-10(22-14(16)17)5-6-12(11)18-15(19)21-8-4-2/h5-6,9,14H,3-4,7-8H2,1-2H3. The van der Waals surface area contributed by atoms with Crippen LogP contribution in [0.1, 0.15) is 26.7 Å². The Morgan fingerprint density at radius 1 is 1.32 bits per heavy atom. The van der Waals surface area contributed by atoms with Crippen LogP contribution in [0.4, 0.5) is 8.78 Å². The van der Waals surface area contributed by atoms with Gasteiger partial charge in [-0.25, -0.2) is 0 Å². The summed E-state index contributed by atoms with van der Waals surface area (Å²) in [4.78, 5) is 17.3. The number of rotatable bonds is 7. The van der Waals surface area contributed by atoms with Gasteiger partial charge in [0.15, 0.2) is 0 Å². The van der Waals surface area contributed by atoms with Gasteiger partial charge in [0, 0.05) is 11.4 Å². The highest BCUT2D eigenvalue weighted by atomic mass is 32.2. The lowest BCUT2D eigenvalue weighted by Gasteiger charge is -2.13. The summed E-state index contributed by atoms with van der Waals surface area (Å²) in [5.74, 6) is -2.52. The van der Waals surface area contributed by atoms with Gasteiger partial charge in [-0.2, -0.15) is 13.8 Å². The van der Waals surface area contributed by atoms with Crippen molar-refractivity contribution in [2.45, 2.75) is 43.9 Å². The molecule has 0 amide bonds. The summed E-state index contributed by atoms with van der Waals surface area (Å²) in [5.41, 5.74) is 0.205. The van der Waals surface area contributed by atoms with E-state index in [0.717, 1.165) is 12.8 Å². The van der Waals surface area contributed by atoms with Crippen LogP contribution in [-0.2, 0) is 6.54 Å². The van der Waals surface area contributed by atoms with Crippen LogP contribution in [0.2, 0.25) is 0 Å². The van der Waals surface area contributed by atoms with E-state index in [9.17, 15) is 13.6 Å². The zero-order valence-electron chi connectivity index (χ0n) is 12.5. The van der Waals surface area contributed by atoms with Crippen molar-refractivity contribution in [2.24, 2.45) is 0 Å². The molecule has 0 aliphatic carbocycles. The lowest BCUT2D eigenvalue weighted by molar-refractivity contribution is 0.252. The van der Waals surface area contributed by atoms with Gasteiger partial charge in [-0.15, -0.1) is 0 Å². The van der Waals surface area contributed by atoms with Crippen molar-refractivity contribution >= 4 is 22.7 Å². The quantitative estimate of drug-likeness (QED) is 0.723. The second-order valence-corrected chi connectivity index (χ2v) is 5.82. The molecule has 0 aliphatic rings. The molecule has 1 aromatic carbocycles. The first-order valence-electron chi connectivity index (χ1n) is 7.19. The van der Waals surface area contributed by atoms with Crippen LogP contribution in [0, 0.1) is 0 Å². The van der Waals surface area contributed by atoms with E-state index in [2.05, 4.69) is 4.98 Å². The zero-order chi connectivity index (χ0) is 16.1. The average molecular weight is 328 g/mol. The van der Waals surface area contributed by atoms with Crippen LogP contribution in [0.5, 0.6) is 6.01 Å². The highest BCUT2D eigenvalue weighted by molar-refractivity contribution is 7.99. The number of alkyl halides is 2. The van der Waals surface area contributed by atoms with E-state index in [1.165, 1.54) is 10.6 Å². The molecule has 0 spiro atoms. The summed E-state index contributed by atoms with van der Waals surface area (Å²) in [5, 5.41) is 0.336. The molecule has 7 heteroatoms. The Balaban J connectivity index is 2.54. The molecular weight excluding hydrogens is 310 g/mol. The monoisotopic (exact) mass is 328 g/mol. The van der Waals surface area contributed by atoms with Crippen LogP contribution in [-0.4, -0.2) is 21.9 Å². The maximum atomic E-state index is 12.6. The van der Waals surface area contributed by atoms with Crippen molar-refractivity contribution in [2.75, 3.05) is 6.61 Å². The van der Waals surface area contributed by atoms with Crippen LogP contribution in [0.3, 0.4) is 0 Å². The minimum atomic E-state index is -2.52. The number of nitrogens with zero attached hydrogens (tertiary/aromatic N) is 2. The Labute approximate surface area is 131 Å². The number of hydrogen-bond donors (Lipinski definition) is 0. The molecule has 0 saturated heterocycles. The summed E-state index contributed by atoms with van der Waals surface area (Å²) in [6, 6.07) is 4.88. The molecule has 0 radical (unpaired) electrons. The third-order valence-electron chi connectivity index (χ3n) is 3.00. The Morgan fingerprint density at radius 2 is 2.09 bits per heavy atom. The molecule has 4 nitrogen and oxygen atoms in total. The van der Waals surface area contributed by atoms with Gasteiger partial charge in [0.25, 0.3) is 17.3 Å². The molecule has 0 atom stereocenters. The number of aromatic nitrogens is 2. The fraction of sp³-hybridized carbons (Fsp3) is 0.467. The maximum Gasteiger partial charge on any atom is 0.299 e. The lowest BCUT2D eigenvalue weighted by atomic mass is 10.2. The minimum Gasteiger partial charge on any atom is -0.465 e. The summed E-state index contributed by atoms with van der Waals surface area (Å²) >= 11 is 0.419. The van der Waals surface area contributed by atoms with Crippen molar-refractivity contribution in [3.05, 3.63) is 28.6 Å². The Morgan fingerprint density at radius 3 is 2.73 bits per heavy atom. The van der Waals surface area contributed by atoms with E-state index in [4.69, 9.17) is 4.74 Å². The Hall–Kier alpha value is -1.63. The summed E-state index contributed by atoms with van der Waals surface area (Å²) in [6.45, 7) is 4.87. The molecule has 2 rings (SSSR count). The van der Waals surface area contributed by atoms with Crippen LogP contribution < -0.4 is 10.3 Å². The first-order valence-corrected chi connectivity index (χ1v) is 8.07. The molecule has 120 valence electrons. The lowest BCUT2D eigenvalue weighted by Crippen LogP contribution is -2.24. The van der Waals surface area contributed by atoms with Gasteiger partial charge >= 0.3 is 0 Å². The summed E-state index contributed by atoms with van der Waals surface area (Å²) < 4.78 is 32.0. The molecule has 0 N–H and O–H groups in total. The SMILES string of the molecule is CCCOc1nc2ccc(SC(F)F)cc2c(=O)n1CCC. The highest BCUT2D eigenvalue weighted by Crippen LogP contribution is 2.27. The van der Waals surface area contributed by atoms with Gasteiger partial charge in [-0.1, -0.05) is 25.6 Å². The molecule has 0 unspecified atom stereocenters. The molecule has 0 bridgehead atoms. The van der Waals surface area contributed by atoms with E-state index in [-0.39, 0.29) is 11.6 Å². The number of thioether (sulfide) groups is 1. The average Bonchev–Trinajstić information content (AvgIpc) is 2.48. The molecular formula is C15H18F2N2O2S. The van der Waals surface area contributed by atoms with Gasteiger partial charge in [0.1, 0.15) is 0 Å². The number of hydrogen-bond acceptors (Lipinski definition) is 4. The second kappa shape index (κ2) is 7.58. The predicted molar refractivity (Wildman–Crippen MR) is 83.9 cm³/mol. The first-order chi connectivity index (χ1) is 10.6. The number of ether oxygens (including phenoxy) is 1. The van der Waals surface area contributed by atoms with Gasteiger partial charge in [0.05, 0.1) is 17.5 Å². The smallest absolute Gasteiger partial charge is 0.299 e. The molecule has 2 aromatic rings. The maximum absolute atomic E-state index is 12.6. The fourth-order valence-electron chi connectivity index (χ4n) is 2.08. The van der Waals surface area contributed by atoms with Crippen molar-refractivity contribution < 1.29 is 13.5 Å². The van der Waals surface area contributed by atoms with Crippen molar-refractivity contribution in [3.63, 3.8) is 0 Å². The van der Waals surface area contributed by atoms with Crippen LogP contribution in [0.15, 0.2) is 27.9 Å². The second-order valence-electron chi connectivity index (χ2n) is 4.76. The van der Waals surface area contributed by atoms with Gasteiger partial charge < -0.3 is 4.74 Å². The van der Waals surface area contributed by atoms with Crippen LogP contribution in [0.25, 0.3) is 10.9 Å². The van der Waals surface area contributed by atoms with E-state index < -0.39 is 5.76 Å². The van der Waals surface area contributed by atoms with Crippen molar-refractivity contribution in [3.8, 4) is 6.01 Å². The molecule has 0 aliphatic heterocycles. The molecule has 22 heavy (non-hydrogen) atoms. The number of fused-ring (bicyclic) bond motifs is 1.